The van der Waals surface area contributed by atoms with Crippen molar-refractivity contribution in [1.82, 2.24) is 14.7 Å². The Morgan fingerprint density at radius 3 is 2.69 bits per heavy atom. The van der Waals surface area contributed by atoms with Gasteiger partial charge in [0, 0.05) is 19.3 Å². The van der Waals surface area contributed by atoms with Crippen LogP contribution in [0.3, 0.4) is 0 Å². The number of hydrogen-bond donors (Lipinski definition) is 1. The third kappa shape index (κ3) is 2.79. The summed E-state index contributed by atoms with van der Waals surface area (Å²) in [7, 11) is 0. The van der Waals surface area contributed by atoms with Crippen LogP contribution >= 0.6 is 0 Å². The minimum absolute atomic E-state index is 0.0356. The van der Waals surface area contributed by atoms with Crippen LogP contribution in [0.25, 0.3) is 0 Å². The van der Waals surface area contributed by atoms with Gasteiger partial charge in [-0.15, -0.1) is 0 Å². The largest absolute Gasteiger partial charge is 0.478 e. The molecule has 2 aromatic rings. The van der Waals surface area contributed by atoms with E-state index in [0.717, 1.165) is 37.8 Å². The molecule has 6 heteroatoms. The van der Waals surface area contributed by atoms with Gasteiger partial charge in [0.25, 0.3) is 0 Å². The van der Waals surface area contributed by atoms with Crippen LogP contribution in [0.2, 0.25) is 0 Å². The Bertz CT molecular complexity index is 853. The van der Waals surface area contributed by atoms with Gasteiger partial charge in [0.1, 0.15) is 0 Å². The van der Waals surface area contributed by atoms with Crippen LogP contribution in [0.4, 0.5) is 0 Å². The molecule has 2 aliphatic rings. The maximum Gasteiger partial charge on any atom is 0.338 e. The van der Waals surface area contributed by atoms with E-state index in [0.29, 0.717) is 6.54 Å². The van der Waals surface area contributed by atoms with Crippen molar-refractivity contribution in [3.63, 3.8) is 0 Å². The Kier molecular flexibility index (Phi) is 4.05. The van der Waals surface area contributed by atoms with Crippen molar-refractivity contribution in [3.8, 4) is 0 Å². The lowest BCUT2D eigenvalue weighted by Gasteiger charge is -2.35. The smallest absolute Gasteiger partial charge is 0.338 e. The Morgan fingerprint density at radius 1 is 1.27 bits per heavy atom. The van der Waals surface area contributed by atoms with Gasteiger partial charge in [-0.1, -0.05) is 24.3 Å². The zero-order valence-corrected chi connectivity index (χ0v) is 14.9. The van der Waals surface area contributed by atoms with Crippen molar-refractivity contribution in [1.29, 1.82) is 0 Å². The van der Waals surface area contributed by atoms with Gasteiger partial charge in [-0.25, -0.2) is 4.79 Å². The molecule has 1 amide bonds. The van der Waals surface area contributed by atoms with Gasteiger partial charge in [-0.2, -0.15) is 5.10 Å². The average molecular weight is 353 g/mol. The molecule has 0 bridgehead atoms. The first-order valence-electron chi connectivity index (χ1n) is 9.14. The number of rotatable bonds is 4. The molecule has 1 saturated heterocycles. The van der Waals surface area contributed by atoms with Gasteiger partial charge in [0.15, 0.2) is 0 Å². The third-order valence-corrected chi connectivity index (χ3v) is 5.73. The molecule has 1 atom stereocenters. The maximum absolute atomic E-state index is 13.3. The lowest BCUT2D eigenvalue weighted by molar-refractivity contribution is -0.135. The van der Waals surface area contributed by atoms with Crippen LogP contribution in [0.5, 0.6) is 0 Å². The minimum Gasteiger partial charge on any atom is -0.478 e. The Morgan fingerprint density at radius 2 is 2.04 bits per heavy atom. The predicted octanol–water partition coefficient (Wildman–Crippen LogP) is 2.79. The highest BCUT2D eigenvalue weighted by molar-refractivity contribution is 5.92. The molecule has 1 N–H and O–H groups in total. The van der Waals surface area contributed by atoms with E-state index in [1.54, 1.807) is 10.9 Å². The van der Waals surface area contributed by atoms with Crippen molar-refractivity contribution in [3.05, 3.63) is 53.3 Å². The number of aryl methyl sites for hydroxylation is 1. The summed E-state index contributed by atoms with van der Waals surface area (Å²) in [5, 5.41) is 13.3. The van der Waals surface area contributed by atoms with E-state index in [4.69, 9.17) is 5.11 Å². The summed E-state index contributed by atoms with van der Waals surface area (Å²) in [4.78, 5) is 26.4. The number of likely N-dealkylation sites (tertiary alicyclic amines) is 1. The molecular formula is C20H23N3O3. The molecule has 6 nitrogen and oxygen atoms in total. The number of carboxylic acids is 1. The fourth-order valence-electron chi connectivity index (χ4n) is 4.14. The highest BCUT2D eigenvalue weighted by atomic mass is 16.4. The molecule has 1 aromatic heterocycles. The second-order valence-electron chi connectivity index (χ2n) is 7.46. The fraction of sp³-hybridized carbons (Fsp3) is 0.450. The van der Waals surface area contributed by atoms with Gasteiger partial charge in [-0.3, -0.25) is 9.48 Å². The van der Waals surface area contributed by atoms with E-state index in [1.807, 2.05) is 17.0 Å². The van der Waals surface area contributed by atoms with Crippen LogP contribution < -0.4 is 0 Å². The topological polar surface area (TPSA) is 75.4 Å². The maximum atomic E-state index is 13.3. The van der Waals surface area contributed by atoms with Crippen LogP contribution in [-0.2, 0) is 10.2 Å². The van der Waals surface area contributed by atoms with Crippen LogP contribution in [-0.4, -0.2) is 44.8 Å². The minimum atomic E-state index is -0.975. The number of amides is 1. The molecule has 2 heterocycles. The van der Waals surface area contributed by atoms with E-state index >= 15 is 0 Å². The van der Waals surface area contributed by atoms with E-state index in [9.17, 15) is 9.59 Å². The SMILES string of the molecule is Cc1ccccc1C1(C(=O)N2CCC[C@@H](n3cc(C(=O)O)cn3)C2)CC1. The van der Waals surface area contributed by atoms with E-state index in [2.05, 4.69) is 24.2 Å². The van der Waals surface area contributed by atoms with Crippen LogP contribution in [0.15, 0.2) is 36.7 Å². The van der Waals surface area contributed by atoms with Gasteiger partial charge in [-0.05, 0) is 43.7 Å². The fourth-order valence-corrected chi connectivity index (χ4v) is 4.14. The summed E-state index contributed by atoms with van der Waals surface area (Å²) in [6, 6.07) is 8.20. The summed E-state index contributed by atoms with van der Waals surface area (Å²) in [6.07, 6.45) is 6.56. The van der Waals surface area contributed by atoms with Crippen LogP contribution in [0.1, 0.15) is 53.2 Å². The number of hydrogen-bond acceptors (Lipinski definition) is 3. The summed E-state index contributed by atoms with van der Waals surface area (Å²) < 4.78 is 1.70. The van der Waals surface area contributed by atoms with Gasteiger partial charge in [0.05, 0.1) is 23.2 Å². The van der Waals surface area contributed by atoms with Crippen molar-refractivity contribution >= 4 is 11.9 Å². The summed E-state index contributed by atoms with van der Waals surface area (Å²) in [6.45, 7) is 3.42. The third-order valence-electron chi connectivity index (χ3n) is 5.73. The molecule has 1 aliphatic heterocycles. The van der Waals surface area contributed by atoms with Gasteiger partial charge in [0.2, 0.25) is 5.91 Å². The van der Waals surface area contributed by atoms with Crippen molar-refractivity contribution < 1.29 is 14.7 Å². The molecular weight excluding hydrogens is 330 g/mol. The quantitative estimate of drug-likeness (QED) is 0.917. The number of carboxylic acid groups (broad SMARTS) is 1. The van der Waals surface area contributed by atoms with E-state index < -0.39 is 5.97 Å². The molecule has 1 aliphatic carbocycles. The highest BCUT2D eigenvalue weighted by Gasteiger charge is 2.54. The van der Waals surface area contributed by atoms with Gasteiger partial charge >= 0.3 is 5.97 Å². The Labute approximate surface area is 152 Å². The lowest BCUT2D eigenvalue weighted by Crippen LogP contribution is -2.45. The van der Waals surface area contributed by atoms with Crippen molar-refractivity contribution in [2.24, 2.45) is 0 Å². The van der Waals surface area contributed by atoms with E-state index in [1.165, 1.54) is 11.8 Å². The Balaban J connectivity index is 1.53. The molecule has 0 unspecified atom stereocenters. The number of aromatic carboxylic acids is 1. The molecule has 0 radical (unpaired) electrons. The summed E-state index contributed by atoms with van der Waals surface area (Å²) in [5.41, 5.74) is 2.15. The normalized spacial score (nSPS) is 21.4. The number of benzene rings is 1. The first kappa shape index (κ1) is 16.8. The molecule has 4 rings (SSSR count). The summed E-state index contributed by atoms with van der Waals surface area (Å²) >= 11 is 0. The number of aromatic nitrogens is 2. The molecule has 1 saturated carbocycles. The first-order chi connectivity index (χ1) is 12.5. The molecule has 0 spiro atoms. The monoisotopic (exact) mass is 353 g/mol. The number of carbonyl (C=O) groups is 2. The number of piperidine rings is 1. The standard InChI is InChI=1S/C20H23N3O3/c1-14-5-2-3-7-17(14)20(8-9-20)19(26)22-10-4-6-16(13-22)23-12-15(11-21-23)18(24)25/h2-3,5,7,11-12,16H,4,6,8-10,13H2,1H3,(H,24,25)/t16-/m1/s1. The average Bonchev–Trinajstić information content (AvgIpc) is 3.29. The predicted molar refractivity (Wildman–Crippen MR) is 96.1 cm³/mol. The number of nitrogens with zero attached hydrogens (tertiary/aromatic N) is 3. The zero-order chi connectivity index (χ0) is 18.3. The second kappa shape index (κ2) is 6.27. The first-order valence-corrected chi connectivity index (χ1v) is 9.14. The summed E-state index contributed by atoms with van der Waals surface area (Å²) in [5.74, 6) is -0.765. The second-order valence-corrected chi connectivity index (χ2v) is 7.46. The lowest BCUT2D eigenvalue weighted by atomic mass is 9.89. The number of carbonyl (C=O) groups excluding carboxylic acids is 1. The van der Waals surface area contributed by atoms with Gasteiger partial charge < -0.3 is 10.0 Å². The molecule has 26 heavy (non-hydrogen) atoms. The van der Waals surface area contributed by atoms with Crippen molar-refractivity contribution in [2.45, 2.75) is 44.1 Å². The van der Waals surface area contributed by atoms with Crippen molar-refractivity contribution in [2.75, 3.05) is 13.1 Å². The highest BCUT2D eigenvalue weighted by Crippen LogP contribution is 2.51. The van der Waals surface area contributed by atoms with E-state index in [-0.39, 0.29) is 22.9 Å². The molecule has 2 fully saturated rings. The molecule has 136 valence electrons. The van der Waals surface area contributed by atoms with Crippen LogP contribution in [0, 0.1) is 6.92 Å². The Hall–Kier alpha value is -2.63. The molecule has 1 aromatic carbocycles. The zero-order valence-electron chi connectivity index (χ0n) is 14.9.